The minimum Gasteiger partial charge on any atom is -0.464 e. The first kappa shape index (κ1) is 43.1. The van der Waals surface area contributed by atoms with E-state index in [0.29, 0.717) is 25.7 Å². The fourth-order valence-corrected chi connectivity index (χ4v) is 7.66. The highest BCUT2D eigenvalue weighted by atomic mass is 28.4. The maximum atomic E-state index is 14.0. The van der Waals surface area contributed by atoms with Crippen molar-refractivity contribution in [3.63, 3.8) is 0 Å². The Morgan fingerprint density at radius 1 is 0.745 bits per heavy atom. The van der Waals surface area contributed by atoms with Crippen molar-refractivity contribution >= 4 is 34.6 Å². The number of carbonyl (C=O) groups excluding carboxylic acids is 3. The van der Waals surface area contributed by atoms with Crippen molar-refractivity contribution in [2.75, 3.05) is 19.8 Å². The molecule has 2 saturated heterocycles. The number of hydrogen-bond acceptors (Lipinski definition) is 9. The Kier molecular flexibility index (Phi) is 15.8. The third kappa shape index (κ3) is 13.0. The molecule has 2 N–H and O–H groups in total. The second-order valence-corrected chi connectivity index (χ2v) is 26.6. The van der Waals surface area contributed by atoms with Crippen molar-refractivity contribution in [1.29, 1.82) is 0 Å². The van der Waals surface area contributed by atoms with Gasteiger partial charge in [0, 0.05) is 0 Å². The SMILES string of the molecule is CCOC(=O)[C@@H]1CCC[C@H]([C@H](CO[Si](C)(C)C(C)(C)C)NC(=O)[C@@H]2CCC[C@H]([C@H](CO[Si](C)(C)C(C)(C)C)NC(=O)OCc3ccccc3)O2)O1. The first-order valence-corrected chi connectivity index (χ1v) is 24.6. The van der Waals surface area contributed by atoms with Crippen LogP contribution in [-0.2, 0) is 44.0 Å². The fourth-order valence-electron chi connectivity index (χ4n) is 5.60. The number of amides is 2. The van der Waals surface area contributed by atoms with Crippen molar-refractivity contribution in [3.8, 4) is 0 Å². The average molecular weight is 751 g/mol. The Bertz CT molecular complexity index is 1270. The van der Waals surface area contributed by atoms with Gasteiger partial charge in [-0.1, -0.05) is 71.9 Å². The van der Waals surface area contributed by atoms with Gasteiger partial charge in [0.05, 0.1) is 44.1 Å². The standard InChI is InChI=1S/C38H66N2O9Si2/c1-12-44-35(42)33-23-17-21-30(49-33)28(25-46-50(8,9)37(2,3)4)39-34(41)32-22-16-20-31(48-32)29(26-47-51(10,11)38(5,6)7)40-36(43)45-24-27-18-14-13-15-19-27/h13-15,18-19,28-33H,12,16-17,20-26H2,1-11H3,(H,39,41)(H,40,43)/t28-,29-,30+,31+,32-,33-/m0/s1. The lowest BCUT2D eigenvalue weighted by Gasteiger charge is -2.41. The summed E-state index contributed by atoms with van der Waals surface area (Å²) in [5.41, 5.74) is 0.884. The summed E-state index contributed by atoms with van der Waals surface area (Å²) in [6.45, 7) is 24.4. The van der Waals surface area contributed by atoms with E-state index < -0.39 is 59.2 Å². The van der Waals surface area contributed by atoms with Crippen LogP contribution in [0.2, 0.25) is 36.3 Å². The molecule has 11 nitrogen and oxygen atoms in total. The summed E-state index contributed by atoms with van der Waals surface area (Å²) in [4.78, 5) is 39.7. The lowest BCUT2D eigenvalue weighted by molar-refractivity contribution is -0.168. The molecular weight excluding hydrogens is 685 g/mol. The zero-order valence-electron chi connectivity index (χ0n) is 33.1. The summed E-state index contributed by atoms with van der Waals surface area (Å²) < 4.78 is 36.8. The number of rotatable bonds is 15. The molecule has 0 radical (unpaired) electrons. The van der Waals surface area contributed by atoms with Crippen molar-refractivity contribution in [2.45, 2.75) is 166 Å². The van der Waals surface area contributed by atoms with Crippen LogP contribution in [0.1, 0.15) is 92.6 Å². The number of alkyl carbamates (subject to hydrolysis) is 1. The zero-order valence-corrected chi connectivity index (χ0v) is 35.1. The second kappa shape index (κ2) is 18.6. The zero-order chi connectivity index (χ0) is 38.0. The van der Waals surface area contributed by atoms with Crippen LogP contribution in [-0.4, -0.2) is 90.9 Å². The Labute approximate surface area is 308 Å². The fraction of sp³-hybridized carbons (Fsp3) is 0.763. The molecule has 6 atom stereocenters. The first-order chi connectivity index (χ1) is 23.7. The van der Waals surface area contributed by atoms with E-state index in [1.54, 1.807) is 6.92 Å². The predicted octanol–water partition coefficient (Wildman–Crippen LogP) is 7.25. The average Bonchev–Trinajstić information content (AvgIpc) is 3.07. The van der Waals surface area contributed by atoms with E-state index in [9.17, 15) is 14.4 Å². The summed E-state index contributed by atoms with van der Waals surface area (Å²) in [6.07, 6.45) is 1.05. The summed E-state index contributed by atoms with van der Waals surface area (Å²) >= 11 is 0. The quantitative estimate of drug-likeness (QED) is 0.141. The molecule has 0 unspecified atom stereocenters. The molecule has 1 aromatic rings. The van der Waals surface area contributed by atoms with Gasteiger partial charge in [0.1, 0.15) is 12.7 Å². The largest absolute Gasteiger partial charge is 0.464 e. The molecule has 3 rings (SSSR count). The van der Waals surface area contributed by atoms with E-state index in [-0.39, 0.29) is 48.4 Å². The minimum atomic E-state index is -2.18. The maximum absolute atomic E-state index is 14.0. The van der Waals surface area contributed by atoms with E-state index in [4.69, 9.17) is 27.8 Å². The normalized spacial score (nSPS) is 23.1. The molecule has 13 heteroatoms. The lowest BCUT2D eigenvalue weighted by Crippen LogP contribution is -2.57. The van der Waals surface area contributed by atoms with Crippen molar-refractivity contribution in [2.24, 2.45) is 0 Å². The maximum Gasteiger partial charge on any atom is 0.407 e. The van der Waals surface area contributed by atoms with Crippen LogP contribution in [0.15, 0.2) is 30.3 Å². The Morgan fingerprint density at radius 2 is 1.24 bits per heavy atom. The molecule has 2 fully saturated rings. The highest BCUT2D eigenvalue weighted by Gasteiger charge is 2.43. The minimum absolute atomic E-state index is 0.0289. The van der Waals surface area contributed by atoms with E-state index in [1.165, 1.54) is 0 Å². The molecular formula is C38H66N2O9Si2. The van der Waals surface area contributed by atoms with E-state index >= 15 is 0 Å². The molecule has 2 aliphatic heterocycles. The van der Waals surface area contributed by atoms with Crippen molar-refractivity contribution < 1.29 is 42.2 Å². The highest BCUT2D eigenvalue weighted by molar-refractivity contribution is 6.74. The van der Waals surface area contributed by atoms with Gasteiger partial charge in [0.2, 0.25) is 5.91 Å². The molecule has 51 heavy (non-hydrogen) atoms. The number of hydrogen-bond donors (Lipinski definition) is 2. The van der Waals surface area contributed by atoms with Gasteiger partial charge in [0.25, 0.3) is 0 Å². The van der Waals surface area contributed by atoms with Crippen LogP contribution in [0.25, 0.3) is 0 Å². The Morgan fingerprint density at radius 3 is 1.75 bits per heavy atom. The monoisotopic (exact) mass is 750 g/mol. The molecule has 0 aliphatic carbocycles. The van der Waals surface area contributed by atoms with Gasteiger partial charge in [-0.15, -0.1) is 0 Å². The molecule has 0 bridgehead atoms. The van der Waals surface area contributed by atoms with Crippen LogP contribution < -0.4 is 10.6 Å². The molecule has 0 saturated carbocycles. The second-order valence-electron chi connectivity index (χ2n) is 17.0. The molecule has 2 amide bonds. The molecule has 2 aliphatic rings. The van der Waals surface area contributed by atoms with Crippen LogP contribution in [0, 0.1) is 0 Å². The predicted molar refractivity (Wildman–Crippen MR) is 203 cm³/mol. The molecule has 1 aromatic carbocycles. The third-order valence-electron chi connectivity index (χ3n) is 11.0. The van der Waals surface area contributed by atoms with Gasteiger partial charge in [-0.3, -0.25) is 4.79 Å². The van der Waals surface area contributed by atoms with Gasteiger partial charge in [0.15, 0.2) is 22.7 Å². The third-order valence-corrected chi connectivity index (χ3v) is 20.0. The molecule has 0 spiro atoms. The molecule has 0 aromatic heterocycles. The summed E-state index contributed by atoms with van der Waals surface area (Å²) in [5.74, 6) is -0.641. The topological polar surface area (TPSA) is 131 Å². The summed E-state index contributed by atoms with van der Waals surface area (Å²) in [6, 6.07) is 8.50. The number of ether oxygens (including phenoxy) is 4. The van der Waals surface area contributed by atoms with Crippen molar-refractivity contribution in [1.82, 2.24) is 10.6 Å². The summed E-state index contributed by atoms with van der Waals surface area (Å²) in [5, 5.41) is 6.16. The lowest BCUT2D eigenvalue weighted by atomic mass is 9.97. The number of nitrogens with one attached hydrogen (secondary N) is 2. The van der Waals surface area contributed by atoms with Crippen LogP contribution >= 0.6 is 0 Å². The summed E-state index contributed by atoms with van der Waals surface area (Å²) in [7, 11) is -4.35. The van der Waals surface area contributed by atoms with Gasteiger partial charge in [-0.25, -0.2) is 9.59 Å². The molecule has 290 valence electrons. The Balaban J connectivity index is 1.76. The number of carbonyl (C=O) groups is 3. The van der Waals surface area contributed by atoms with Crippen LogP contribution in [0.3, 0.4) is 0 Å². The van der Waals surface area contributed by atoms with Crippen molar-refractivity contribution in [3.05, 3.63) is 35.9 Å². The highest BCUT2D eigenvalue weighted by Crippen LogP contribution is 2.38. The first-order valence-electron chi connectivity index (χ1n) is 18.8. The van der Waals surface area contributed by atoms with Gasteiger partial charge in [-0.05, 0) is 87.3 Å². The van der Waals surface area contributed by atoms with Gasteiger partial charge in [-0.2, -0.15) is 0 Å². The van der Waals surface area contributed by atoms with E-state index in [2.05, 4.69) is 78.4 Å². The number of benzene rings is 1. The Hall–Kier alpha value is -2.30. The van der Waals surface area contributed by atoms with Gasteiger partial charge < -0.3 is 38.4 Å². The van der Waals surface area contributed by atoms with Crippen LogP contribution in [0.5, 0.6) is 0 Å². The molecule has 2 heterocycles. The van der Waals surface area contributed by atoms with E-state index in [1.807, 2.05) is 30.3 Å². The van der Waals surface area contributed by atoms with Crippen LogP contribution in [0.4, 0.5) is 4.79 Å². The van der Waals surface area contributed by atoms with Gasteiger partial charge >= 0.3 is 12.1 Å². The number of esters is 1. The van der Waals surface area contributed by atoms with E-state index in [0.717, 1.165) is 18.4 Å². The smallest absolute Gasteiger partial charge is 0.407 e.